The second-order valence-electron chi connectivity index (χ2n) is 18.1. The highest BCUT2D eigenvalue weighted by Gasteiger charge is 2.60. The average Bonchev–Trinajstić information content (AvgIpc) is 3.41. The highest BCUT2D eigenvalue weighted by molar-refractivity contribution is 7.92. The molecule has 1 aliphatic rings. The lowest BCUT2D eigenvalue weighted by atomic mass is 10.4. The van der Waals surface area contributed by atoms with Gasteiger partial charge in [-0.3, -0.25) is 0 Å². The molecule has 0 spiro atoms. The smallest absolute Gasteiger partial charge is 0.177 e. The predicted octanol–water partition coefficient (Wildman–Crippen LogP) is 9.51. The van der Waals surface area contributed by atoms with Crippen LogP contribution in [0.2, 0.25) is 0 Å². The van der Waals surface area contributed by atoms with E-state index in [9.17, 15) is 20.4 Å². The van der Waals surface area contributed by atoms with Crippen molar-refractivity contribution < 1.29 is 20.4 Å². The zero-order valence-electron chi connectivity index (χ0n) is 38.6. The van der Waals surface area contributed by atoms with Crippen LogP contribution in [0.1, 0.15) is 25.7 Å². The van der Waals surface area contributed by atoms with Crippen molar-refractivity contribution in [3.8, 4) is 0 Å². The molecule has 1 fully saturated rings. The van der Waals surface area contributed by atoms with Crippen molar-refractivity contribution in [1.29, 1.82) is 0 Å². The lowest BCUT2D eigenvalue weighted by molar-refractivity contribution is 0.237. The summed E-state index contributed by atoms with van der Waals surface area (Å²) in [4.78, 5) is 0. The van der Waals surface area contributed by atoms with Gasteiger partial charge in [0, 0.05) is 25.7 Å². The molecule has 1 heterocycles. The maximum atomic E-state index is 13.6. The van der Waals surface area contributed by atoms with Crippen LogP contribution in [-0.4, -0.2) is 68.5 Å². The summed E-state index contributed by atoms with van der Waals surface area (Å²) >= 11 is 0. The van der Waals surface area contributed by atoms with Gasteiger partial charge in [0.2, 0.25) is 0 Å². The van der Waals surface area contributed by atoms with Crippen LogP contribution in [0.3, 0.4) is 0 Å². The van der Waals surface area contributed by atoms with Gasteiger partial charge in [-0.05, 0) is 97.1 Å². The van der Waals surface area contributed by atoms with E-state index in [1.165, 1.54) is 0 Å². The third-order valence-electron chi connectivity index (χ3n) is 14.7. The van der Waals surface area contributed by atoms with Crippen LogP contribution in [0.5, 0.6) is 0 Å². The molecule has 344 valence electrons. The monoisotopic (exact) mass is 972 g/mol. The molecule has 4 atom stereocenters. The normalized spacial score (nSPS) is 21.8. The molecule has 0 radical (unpaired) electrons. The maximum Gasteiger partial charge on any atom is 0.177 e. The summed E-state index contributed by atoms with van der Waals surface area (Å²) in [5.41, 5.74) is 0. The lowest BCUT2D eigenvalue weighted by Crippen LogP contribution is -2.41. The molecular formula is C60H64O4P4+4. The lowest BCUT2D eigenvalue weighted by Gasteiger charge is -2.39. The standard InChI is InChI=1S/C60H64O4P4/c61-57-42-46-66(51-29-13-3-14-30-51,52-31-15-4-16-32-52)59(63)44-48-68(55-37-21-7-22-38-55,56-39-23-8-24-40-56)60(64)43-47-67(53-33-17-5-18-34-53,54-35-19-6-20-36-54)58(62)41-45-65(57,49-25-9-1-10-26-49)50-27-11-2-12-28-50/h1-40,57-64H,41-48H2/q+4/t57-,58+,59+,60-. The van der Waals surface area contributed by atoms with Crippen LogP contribution >= 0.6 is 29.0 Å². The van der Waals surface area contributed by atoms with Crippen molar-refractivity contribution >= 4 is 71.5 Å². The maximum absolute atomic E-state index is 13.6. The first-order valence-corrected chi connectivity index (χ1v) is 32.2. The van der Waals surface area contributed by atoms with Gasteiger partial charge in [0.25, 0.3) is 0 Å². The SMILES string of the molecule is O[C@@H]1CC[P+](c2ccccc2)(c2ccccc2)[C@@H](O)CC[P+](c2ccccc2)(c2ccccc2)[C@H](O)CC[P+](c2ccccc2)(c2ccccc2)[C@@H](O)CC[P+]1(c1ccccc1)c1ccccc1. The first kappa shape index (κ1) is 48.3. The molecule has 68 heavy (non-hydrogen) atoms. The Morgan fingerprint density at radius 3 is 0.441 bits per heavy atom. The molecule has 9 rings (SSSR count). The number of hydrogen-bond acceptors (Lipinski definition) is 4. The van der Waals surface area contributed by atoms with Crippen LogP contribution in [0.25, 0.3) is 0 Å². The van der Waals surface area contributed by atoms with Crippen LogP contribution in [0.15, 0.2) is 243 Å². The Kier molecular flexibility index (Phi) is 15.6. The molecule has 0 aliphatic carbocycles. The van der Waals surface area contributed by atoms with Crippen molar-refractivity contribution in [1.82, 2.24) is 0 Å². The van der Waals surface area contributed by atoms with Gasteiger partial charge in [-0.15, -0.1) is 0 Å². The first-order chi connectivity index (χ1) is 33.4. The number of hydrogen-bond donors (Lipinski definition) is 4. The summed E-state index contributed by atoms with van der Waals surface area (Å²) in [5, 5.41) is 63.3. The van der Waals surface area contributed by atoms with E-state index in [1.54, 1.807) is 0 Å². The minimum Gasteiger partial charge on any atom is -0.358 e. The van der Waals surface area contributed by atoms with Crippen LogP contribution < -0.4 is 42.4 Å². The Morgan fingerprint density at radius 1 is 0.206 bits per heavy atom. The van der Waals surface area contributed by atoms with E-state index in [-0.39, 0.29) is 0 Å². The van der Waals surface area contributed by atoms with Crippen molar-refractivity contribution in [3.05, 3.63) is 243 Å². The van der Waals surface area contributed by atoms with Crippen molar-refractivity contribution in [2.45, 2.75) is 49.1 Å². The Balaban J connectivity index is 1.30. The highest BCUT2D eigenvalue weighted by Crippen LogP contribution is 2.71. The quantitative estimate of drug-likeness (QED) is 0.115. The van der Waals surface area contributed by atoms with Gasteiger partial charge < -0.3 is 20.4 Å². The number of aliphatic hydroxyl groups is 4. The Hall–Kier alpha value is -4.68. The van der Waals surface area contributed by atoms with Gasteiger partial charge in [-0.1, -0.05) is 146 Å². The van der Waals surface area contributed by atoms with E-state index in [4.69, 9.17) is 0 Å². The molecule has 8 aromatic carbocycles. The van der Waals surface area contributed by atoms with Crippen molar-refractivity contribution in [2.24, 2.45) is 0 Å². The molecule has 0 aromatic heterocycles. The zero-order chi connectivity index (χ0) is 46.9. The van der Waals surface area contributed by atoms with E-state index < -0.39 is 52.4 Å². The highest BCUT2D eigenvalue weighted by atomic mass is 31.2. The molecule has 4 N–H and O–H groups in total. The van der Waals surface area contributed by atoms with Crippen LogP contribution in [-0.2, 0) is 0 Å². The third-order valence-corrected chi connectivity index (χ3v) is 33.4. The minimum absolute atomic E-state index is 0.445. The van der Waals surface area contributed by atoms with Crippen LogP contribution in [0.4, 0.5) is 0 Å². The molecule has 1 saturated heterocycles. The fourth-order valence-electron chi connectivity index (χ4n) is 11.3. The fraction of sp³-hybridized carbons (Fsp3) is 0.200. The summed E-state index contributed by atoms with van der Waals surface area (Å²) in [7, 11) is -10.9. The zero-order valence-corrected chi connectivity index (χ0v) is 42.2. The molecular weight excluding hydrogens is 909 g/mol. The molecule has 0 unspecified atom stereocenters. The Morgan fingerprint density at radius 2 is 0.324 bits per heavy atom. The molecule has 0 saturated carbocycles. The molecule has 0 amide bonds. The number of rotatable bonds is 8. The van der Waals surface area contributed by atoms with E-state index in [1.807, 2.05) is 48.5 Å². The second kappa shape index (κ2) is 22.0. The van der Waals surface area contributed by atoms with Crippen LogP contribution in [0, 0.1) is 0 Å². The molecule has 8 aromatic rings. The minimum atomic E-state index is -2.73. The second-order valence-corrected chi connectivity index (χ2v) is 33.4. The molecule has 4 nitrogen and oxygen atoms in total. The van der Waals surface area contributed by atoms with E-state index in [0.29, 0.717) is 50.3 Å². The summed E-state index contributed by atoms with van der Waals surface area (Å²) < 4.78 is 0. The molecule has 0 bridgehead atoms. The van der Waals surface area contributed by atoms with Gasteiger partial charge in [0.05, 0.1) is 24.6 Å². The molecule has 8 heteroatoms. The Labute approximate surface area is 406 Å². The number of aliphatic hydroxyl groups excluding tert-OH is 4. The predicted molar refractivity (Wildman–Crippen MR) is 298 cm³/mol. The van der Waals surface area contributed by atoms with Gasteiger partial charge >= 0.3 is 0 Å². The number of benzene rings is 8. The first-order valence-electron chi connectivity index (χ1n) is 24.0. The summed E-state index contributed by atoms with van der Waals surface area (Å²) in [6.07, 6.45) is 4.07. The van der Waals surface area contributed by atoms with E-state index >= 15 is 0 Å². The fourth-order valence-corrected chi connectivity index (χ4v) is 29.9. The third kappa shape index (κ3) is 9.25. The largest absolute Gasteiger partial charge is 0.358 e. The van der Waals surface area contributed by atoms with Gasteiger partial charge in [-0.25, -0.2) is 0 Å². The van der Waals surface area contributed by atoms with Crippen molar-refractivity contribution in [2.75, 3.05) is 24.6 Å². The summed E-state index contributed by atoms with van der Waals surface area (Å²) in [6.45, 7) is 0. The van der Waals surface area contributed by atoms with Gasteiger partial charge in [-0.2, -0.15) is 0 Å². The van der Waals surface area contributed by atoms with Crippen molar-refractivity contribution in [3.63, 3.8) is 0 Å². The average molecular weight is 973 g/mol. The van der Waals surface area contributed by atoms with Gasteiger partial charge in [0.15, 0.2) is 23.4 Å². The van der Waals surface area contributed by atoms with E-state index in [0.717, 1.165) is 42.4 Å². The van der Waals surface area contributed by atoms with E-state index in [2.05, 4.69) is 194 Å². The Bertz CT molecular complexity index is 2210. The van der Waals surface area contributed by atoms with Gasteiger partial charge in [0.1, 0.15) is 71.5 Å². The summed E-state index contributed by atoms with van der Waals surface area (Å²) in [6, 6.07) is 84.6. The topological polar surface area (TPSA) is 80.9 Å². The summed E-state index contributed by atoms with van der Waals surface area (Å²) in [5.74, 6) is -3.13. The molecule has 1 aliphatic heterocycles.